The topological polar surface area (TPSA) is 46.5 Å². The number of hydrogen-bond acceptors (Lipinski definition) is 4. The number of para-hydroxylation sites is 1. The molecule has 0 bridgehead atoms. The average Bonchev–Trinajstić information content (AvgIpc) is 2.74. The second-order valence-corrected chi connectivity index (χ2v) is 7.18. The van der Waals surface area contributed by atoms with Gasteiger partial charge in [-0.15, -0.1) is 0 Å². The number of anilines is 1. The number of carbonyl (C=O) groups is 1. The molecule has 0 spiro atoms. The van der Waals surface area contributed by atoms with Crippen LogP contribution in [0.3, 0.4) is 0 Å². The lowest BCUT2D eigenvalue weighted by Crippen LogP contribution is -3.15. The SMILES string of the molecule is COc1cccc(N2CC[NH+](CC(=O)N(C)Cc3ccccc3OC)CC2)c1. The van der Waals surface area contributed by atoms with Gasteiger partial charge < -0.3 is 24.2 Å². The lowest BCUT2D eigenvalue weighted by atomic mass is 10.2. The van der Waals surface area contributed by atoms with E-state index < -0.39 is 0 Å². The van der Waals surface area contributed by atoms with Crippen LogP contribution >= 0.6 is 0 Å². The fourth-order valence-electron chi connectivity index (χ4n) is 3.59. The first-order valence-corrected chi connectivity index (χ1v) is 9.69. The molecule has 0 radical (unpaired) electrons. The molecule has 0 aromatic heterocycles. The lowest BCUT2D eigenvalue weighted by molar-refractivity contribution is -0.892. The maximum absolute atomic E-state index is 12.7. The summed E-state index contributed by atoms with van der Waals surface area (Å²) >= 11 is 0. The molecule has 150 valence electrons. The number of nitrogens with one attached hydrogen (secondary N) is 1. The molecule has 6 nitrogen and oxygen atoms in total. The molecule has 1 saturated heterocycles. The quantitative estimate of drug-likeness (QED) is 0.776. The van der Waals surface area contributed by atoms with Crippen LogP contribution in [0.5, 0.6) is 11.5 Å². The van der Waals surface area contributed by atoms with Crippen molar-refractivity contribution in [2.45, 2.75) is 6.54 Å². The summed E-state index contributed by atoms with van der Waals surface area (Å²) in [4.78, 5) is 18.2. The van der Waals surface area contributed by atoms with Gasteiger partial charge in [0.1, 0.15) is 11.5 Å². The summed E-state index contributed by atoms with van der Waals surface area (Å²) in [7, 11) is 5.21. The number of carbonyl (C=O) groups excluding carboxylic acids is 1. The molecule has 2 aromatic rings. The summed E-state index contributed by atoms with van der Waals surface area (Å²) in [6.45, 7) is 4.86. The van der Waals surface area contributed by atoms with Gasteiger partial charge in [-0.1, -0.05) is 24.3 Å². The van der Waals surface area contributed by atoms with Crippen LogP contribution < -0.4 is 19.3 Å². The summed E-state index contributed by atoms with van der Waals surface area (Å²) in [5.41, 5.74) is 2.21. The molecule has 1 N–H and O–H groups in total. The molecule has 0 aliphatic carbocycles. The first-order valence-electron chi connectivity index (χ1n) is 9.69. The molecule has 6 heteroatoms. The highest BCUT2D eigenvalue weighted by molar-refractivity contribution is 5.76. The van der Waals surface area contributed by atoms with E-state index >= 15 is 0 Å². The van der Waals surface area contributed by atoms with Crippen LogP contribution in [0.15, 0.2) is 48.5 Å². The Balaban J connectivity index is 1.50. The number of quaternary nitrogens is 1. The van der Waals surface area contributed by atoms with E-state index in [0.717, 1.165) is 43.2 Å². The molecule has 1 aliphatic rings. The maximum atomic E-state index is 12.7. The monoisotopic (exact) mass is 384 g/mol. The molecular formula is C22H30N3O3+. The minimum absolute atomic E-state index is 0.163. The Morgan fingerprint density at radius 3 is 2.54 bits per heavy atom. The number of rotatable bonds is 7. The number of hydrogen-bond donors (Lipinski definition) is 1. The standard InChI is InChI=1S/C22H29N3O3/c1-23(16-18-7-4-5-10-21(18)28-3)22(26)17-24-11-13-25(14-12-24)19-8-6-9-20(15-19)27-2/h4-10,15H,11-14,16-17H2,1-3H3/p+1. The lowest BCUT2D eigenvalue weighted by Gasteiger charge is -2.34. The van der Waals surface area contributed by atoms with Crippen molar-refractivity contribution in [3.8, 4) is 11.5 Å². The van der Waals surface area contributed by atoms with Crippen LogP contribution in [0.1, 0.15) is 5.56 Å². The Bertz CT molecular complexity index is 788. The van der Waals surface area contributed by atoms with E-state index in [1.165, 1.54) is 10.6 Å². The predicted octanol–water partition coefficient (Wildman–Crippen LogP) is 1.07. The zero-order valence-corrected chi connectivity index (χ0v) is 17.0. The number of piperazine rings is 1. The third-order valence-electron chi connectivity index (χ3n) is 5.32. The normalized spacial score (nSPS) is 14.6. The highest BCUT2D eigenvalue weighted by Gasteiger charge is 2.24. The van der Waals surface area contributed by atoms with Crippen LogP contribution in [-0.4, -0.2) is 64.8 Å². The molecule has 0 unspecified atom stereocenters. The van der Waals surface area contributed by atoms with E-state index in [1.54, 1.807) is 19.1 Å². The van der Waals surface area contributed by atoms with E-state index in [0.29, 0.717) is 13.1 Å². The maximum Gasteiger partial charge on any atom is 0.277 e. The van der Waals surface area contributed by atoms with Crippen molar-refractivity contribution in [2.75, 3.05) is 58.9 Å². The molecule has 3 rings (SSSR count). The van der Waals surface area contributed by atoms with Gasteiger partial charge in [0.05, 0.1) is 40.4 Å². The van der Waals surface area contributed by atoms with E-state index in [9.17, 15) is 4.79 Å². The van der Waals surface area contributed by atoms with Crippen molar-refractivity contribution in [3.63, 3.8) is 0 Å². The zero-order chi connectivity index (χ0) is 19.9. The third-order valence-corrected chi connectivity index (χ3v) is 5.32. The van der Waals surface area contributed by atoms with Crippen molar-refractivity contribution in [3.05, 3.63) is 54.1 Å². The van der Waals surface area contributed by atoms with Gasteiger partial charge in [0.2, 0.25) is 0 Å². The van der Waals surface area contributed by atoms with Crippen molar-refractivity contribution in [1.29, 1.82) is 0 Å². The Morgan fingerprint density at radius 2 is 1.82 bits per heavy atom. The van der Waals surface area contributed by atoms with Crippen LogP contribution in [0.2, 0.25) is 0 Å². The number of nitrogens with zero attached hydrogens (tertiary/aromatic N) is 2. The molecule has 1 heterocycles. The number of ether oxygens (including phenoxy) is 2. The molecule has 28 heavy (non-hydrogen) atoms. The summed E-state index contributed by atoms with van der Waals surface area (Å²) in [5.74, 6) is 1.86. The highest BCUT2D eigenvalue weighted by atomic mass is 16.5. The Kier molecular flexibility index (Phi) is 6.76. The predicted molar refractivity (Wildman–Crippen MR) is 110 cm³/mol. The largest absolute Gasteiger partial charge is 0.497 e. The van der Waals surface area contributed by atoms with Gasteiger partial charge in [-0.25, -0.2) is 0 Å². The molecule has 1 fully saturated rings. The van der Waals surface area contributed by atoms with E-state index in [1.807, 2.05) is 43.4 Å². The third kappa shape index (κ3) is 4.95. The molecule has 2 aromatic carbocycles. The molecule has 0 saturated carbocycles. The van der Waals surface area contributed by atoms with E-state index in [-0.39, 0.29) is 5.91 Å². The fraction of sp³-hybridized carbons (Fsp3) is 0.409. The molecule has 0 atom stereocenters. The number of amides is 1. The van der Waals surface area contributed by atoms with E-state index in [2.05, 4.69) is 17.0 Å². The minimum atomic E-state index is 0.163. The number of benzene rings is 2. The summed E-state index contributed by atoms with van der Waals surface area (Å²) in [6, 6.07) is 16.0. The van der Waals surface area contributed by atoms with Gasteiger partial charge in [0.25, 0.3) is 5.91 Å². The Hall–Kier alpha value is -2.73. The summed E-state index contributed by atoms with van der Waals surface area (Å²) in [6.07, 6.45) is 0. The molecule has 1 amide bonds. The number of methoxy groups -OCH3 is 2. The van der Waals surface area contributed by atoms with E-state index in [4.69, 9.17) is 9.47 Å². The second kappa shape index (κ2) is 9.46. The molecular weight excluding hydrogens is 354 g/mol. The summed E-state index contributed by atoms with van der Waals surface area (Å²) in [5, 5.41) is 0. The van der Waals surface area contributed by atoms with Crippen LogP contribution in [0.4, 0.5) is 5.69 Å². The van der Waals surface area contributed by atoms with Gasteiger partial charge in [-0.3, -0.25) is 4.79 Å². The van der Waals surface area contributed by atoms with Crippen molar-refractivity contribution >= 4 is 11.6 Å². The van der Waals surface area contributed by atoms with Crippen LogP contribution in [0, 0.1) is 0 Å². The van der Waals surface area contributed by atoms with Crippen molar-refractivity contribution < 1.29 is 19.2 Å². The smallest absolute Gasteiger partial charge is 0.277 e. The van der Waals surface area contributed by atoms with Gasteiger partial charge in [-0.2, -0.15) is 0 Å². The number of likely N-dealkylation sites (N-methyl/N-ethyl adjacent to an activating group) is 1. The van der Waals surface area contributed by atoms with Crippen molar-refractivity contribution in [2.24, 2.45) is 0 Å². The zero-order valence-electron chi connectivity index (χ0n) is 17.0. The first-order chi connectivity index (χ1) is 13.6. The minimum Gasteiger partial charge on any atom is -0.497 e. The fourth-order valence-corrected chi connectivity index (χ4v) is 3.59. The van der Waals surface area contributed by atoms with Gasteiger partial charge in [0.15, 0.2) is 6.54 Å². The Labute approximate surface area is 167 Å². The van der Waals surface area contributed by atoms with Crippen molar-refractivity contribution in [1.82, 2.24) is 4.90 Å². The Morgan fingerprint density at radius 1 is 1.07 bits per heavy atom. The first kappa shape index (κ1) is 20.0. The van der Waals surface area contributed by atoms with Gasteiger partial charge >= 0.3 is 0 Å². The second-order valence-electron chi connectivity index (χ2n) is 7.18. The van der Waals surface area contributed by atoms with Gasteiger partial charge in [0, 0.05) is 30.9 Å². The van der Waals surface area contributed by atoms with Gasteiger partial charge in [-0.05, 0) is 18.2 Å². The van der Waals surface area contributed by atoms with Crippen LogP contribution in [0.25, 0.3) is 0 Å². The average molecular weight is 385 g/mol. The highest BCUT2D eigenvalue weighted by Crippen LogP contribution is 2.21. The van der Waals surface area contributed by atoms with Crippen LogP contribution in [-0.2, 0) is 11.3 Å². The summed E-state index contributed by atoms with van der Waals surface area (Å²) < 4.78 is 10.7. The molecule has 1 aliphatic heterocycles.